The molecular formula is C16H18N2O4. The van der Waals surface area contributed by atoms with Crippen molar-refractivity contribution in [3.05, 3.63) is 53.7 Å². The van der Waals surface area contributed by atoms with E-state index in [0.717, 1.165) is 0 Å². The maximum atomic E-state index is 12.6. The standard InChI is InChI=1S/C16H18N2O4/c1-11(2)18(15(19)12-7-5-4-6-8-12)9-14-17-13(10-22-14)16(20)21-3/h4-8,10-11H,9H2,1-3H3. The number of amides is 1. The van der Waals surface area contributed by atoms with Gasteiger partial charge in [-0.15, -0.1) is 0 Å². The molecule has 2 aromatic rings. The molecule has 0 fully saturated rings. The van der Waals surface area contributed by atoms with Gasteiger partial charge in [0, 0.05) is 11.6 Å². The predicted octanol–water partition coefficient (Wildman–Crippen LogP) is 2.51. The van der Waals surface area contributed by atoms with E-state index in [9.17, 15) is 9.59 Å². The molecule has 0 bridgehead atoms. The second-order valence-corrected chi connectivity index (χ2v) is 5.01. The summed E-state index contributed by atoms with van der Waals surface area (Å²) < 4.78 is 9.83. The third-order valence-corrected chi connectivity index (χ3v) is 3.16. The van der Waals surface area contributed by atoms with Crippen molar-refractivity contribution in [1.29, 1.82) is 0 Å². The highest BCUT2D eigenvalue weighted by atomic mass is 16.5. The van der Waals surface area contributed by atoms with Crippen LogP contribution in [0.5, 0.6) is 0 Å². The first-order valence-electron chi connectivity index (χ1n) is 6.91. The Balaban J connectivity index is 2.17. The molecule has 0 aliphatic carbocycles. The van der Waals surface area contributed by atoms with Crippen LogP contribution in [0.15, 0.2) is 41.0 Å². The third-order valence-electron chi connectivity index (χ3n) is 3.16. The molecule has 0 N–H and O–H groups in total. The Morgan fingerprint density at radius 1 is 1.27 bits per heavy atom. The Kier molecular flexibility index (Phi) is 4.93. The van der Waals surface area contributed by atoms with Crippen LogP contribution < -0.4 is 0 Å². The second-order valence-electron chi connectivity index (χ2n) is 5.01. The summed E-state index contributed by atoms with van der Waals surface area (Å²) in [5.74, 6) is -0.396. The van der Waals surface area contributed by atoms with Gasteiger partial charge in [-0.2, -0.15) is 0 Å². The van der Waals surface area contributed by atoms with E-state index in [4.69, 9.17) is 4.42 Å². The molecule has 0 saturated heterocycles. The van der Waals surface area contributed by atoms with Crippen LogP contribution in [0.3, 0.4) is 0 Å². The summed E-state index contributed by atoms with van der Waals surface area (Å²) in [7, 11) is 1.27. The zero-order valence-corrected chi connectivity index (χ0v) is 12.8. The molecule has 0 saturated carbocycles. The third kappa shape index (κ3) is 3.52. The van der Waals surface area contributed by atoms with E-state index in [0.29, 0.717) is 11.5 Å². The normalized spacial score (nSPS) is 10.5. The smallest absolute Gasteiger partial charge is 0.360 e. The maximum Gasteiger partial charge on any atom is 0.360 e. The highest BCUT2D eigenvalue weighted by Gasteiger charge is 2.22. The van der Waals surface area contributed by atoms with Crippen molar-refractivity contribution in [3.8, 4) is 0 Å². The number of esters is 1. The minimum Gasteiger partial charge on any atom is -0.464 e. The van der Waals surface area contributed by atoms with Crippen molar-refractivity contribution < 1.29 is 18.7 Å². The number of hydrogen-bond donors (Lipinski definition) is 0. The summed E-state index contributed by atoms with van der Waals surface area (Å²) in [5, 5.41) is 0. The van der Waals surface area contributed by atoms with Crippen LogP contribution in [0, 0.1) is 0 Å². The summed E-state index contributed by atoms with van der Waals surface area (Å²) in [5.41, 5.74) is 0.685. The lowest BCUT2D eigenvalue weighted by Crippen LogP contribution is -2.36. The molecule has 6 nitrogen and oxygen atoms in total. The van der Waals surface area contributed by atoms with Gasteiger partial charge in [0.1, 0.15) is 6.26 Å². The Morgan fingerprint density at radius 2 is 1.95 bits per heavy atom. The van der Waals surface area contributed by atoms with E-state index in [-0.39, 0.29) is 24.2 Å². The first-order valence-corrected chi connectivity index (χ1v) is 6.91. The number of benzene rings is 1. The van der Waals surface area contributed by atoms with E-state index >= 15 is 0 Å². The van der Waals surface area contributed by atoms with Gasteiger partial charge in [-0.3, -0.25) is 4.79 Å². The largest absolute Gasteiger partial charge is 0.464 e. The lowest BCUT2D eigenvalue weighted by atomic mass is 10.1. The Bertz CT molecular complexity index is 649. The molecule has 0 aliphatic heterocycles. The quantitative estimate of drug-likeness (QED) is 0.793. The monoisotopic (exact) mass is 302 g/mol. The predicted molar refractivity (Wildman–Crippen MR) is 79.3 cm³/mol. The first kappa shape index (κ1) is 15.8. The van der Waals surface area contributed by atoms with E-state index in [2.05, 4.69) is 9.72 Å². The number of ether oxygens (including phenoxy) is 1. The Morgan fingerprint density at radius 3 is 2.55 bits per heavy atom. The second kappa shape index (κ2) is 6.89. The zero-order chi connectivity index (χ0) is 16.1. The summed E-state index contributed by atoms with van der Waals surface area (Å²) in [6.07, 6.45) is 1.23. The average Bonchev–Trinajstić information content (AvgIpc) is 3.00. The molecule has 0 spiro atoms. The number of carbonyl (C=O) groups excluding carboxylic acids is 2. The molecular weight excluding hydrogens is 284 g/mol. The van der Waals surface area contributed by atoms with E-state index in [1.165, 1.54) is 13.4 Å². The Hall–Kier alpha value is -2.63. The number of oxazole rings is 1. The average molecular weight is 302 g/mol. The zero-order valence-electron chi connectivity index (χ0n) is 12.8. The molecule has 1 heterocycles. The molecule has 1 amide bonds. The fraction of sp³-hybridized carbons (Fsp3) is 0.312. The first-order chi connectivity index (χ1) is 10.5. The summed E-state index contributed by atoms with van der Waals surface area (Å²) in [6, 6.07) is 8.95. The lowest BCUT2D eigenvalue weighted by Gasteiger charge is -2.25. The lowest BCUT2D eigenvalue weighted by molar-refractivity contribution is 0.0593. The number of aromatic nitrogens is 1. The molecule has 1 aromatic carbocycles. The number of methoxy groups -OCH3 is 1. The van der Waals surface area contributed by atoms with Crippen LogP contribution in [0.1, 0.15) is 40.6 Å². The molecule has 6 heteroatoms. The topological polar surface area (TPSA) is 72.6 Å². The summed E-state index contributed by atoms with van der Waals surface area (Å²) in [6.45, 7) is 4.00. The van der Waals surface area contributed by atoms with Crippen LogP contribution in [0.25, 0.3) is 0 Å². The molecule has 0 radical (unpaired) electrons. The van der Waals surface area contributed by atoms with E-state index in [1.54, 1.807) is 17.0 Å². The number of carbonyl (C=O) groups is 2. The Labute approximate surface area is 128 Å². The van der Waals surface area contributed by atoms with Gasteiger partial charge >= 0.3 is 5.97 Å². The highest BCUT2D eigenvalue weighted by Crippen LogP contribution is 2.13. The number of hydrogen-bond acceptors (Lipinski definition) is 5. The van der Waals surface area contributed by atoms with Crippen LogP contribution in [0.2, 0.25) is 0 Å². The number of rotatable bonds is 5. The van der Waals surface area contributed by atoms with Gasteiger partial charge in [0.2, 0.25) is 5.89 Å². The minimum absolute atomic E-state index is 0.0406. The summed E-state index contributed by atoms with van der Waals surface area (Å²) in [4.78, 5) is 29.6. The molecule has 0 unspecified atom stereocenters. The van der Waals surface area contributed by atoms with Crippen LogP contribution in [-0.2, 0) is 11.3 Å². The molecule has 2 rings (SSSR count). The number of nitrogens with zero attached hydrogens (tertiary/aromatic N) is 2. The maximum absolute atomic E-state index is 12.6. The van der Waals surface area contributed by atoms with Crippen molar-refractivity contribution in [2.75, 3.05) is 7.11 Å². The van der Waals surface area contributed by atoms with Crippen molar-refractivity contribution in [2.24, 2.45) is 0 Å². The molecule has 1 aromatic heterocycles. The van der Waals surface area contributed by atoms with Gasteiger partial charge in [0.05, 0.1) is 13.7 Å². The molecule has 0 atom stereocenters. The van der Waals surface area contributed by atoms with Gasteiger partial charge in [-0.25, -0.2) is 9.78 Å². The van der Waals surface area contributed by atoms with Gasteiger partial charge < -0.3 is 14.1 Å². The van der Waals surface area contributed by atoms with Crippen LogP contribution >= 0.6 is 0 Å². The minimum atomic E-state index is -0.569. The van der Waals surface area contributed by atoms with Gasteiger partial charge in [-0.05, 0) is 26.0 Å². The van der Waals surface area contributed by atoms with E-state index in [1.807, 2.05) is 32.0 Å². The highest BCUT2D eigenvalue weighted by molar-refractivity contribution is 5.94. The van der Waals surface area contributed by atoms with Crippen molar-refractivity contribution >= 4 is 11.9 Å². The molecule has 22 heavy (non-hydrogen) atoms. The van der Waals surface area contributed by atoms with Crippen molar-refractivity contribution in [3.63, 3.8) is 0 Å². The van der Waals surface area contributed by atoms with Gasteiger partial charge in [0.15, 0.2) is 5.69 Å². The molecule has 0 aliphatic rings. The fourth-order valence-electron chi connectivity index (χ4n) is 1.96. The summed E-state index contributed by atoms with van der Waals surface area (Å²) >= 11 is 0. The van der Waals surface area contributed by atoms with Crippen molar-refractivity contribution in [1.82, 2.24) is 9.88 Å². The SMILES string of the molecule is COC(=O)c1coc(CN(C(=O)c2ccccc2)C(C)C)n1. The van der Waals surface area contributed by atoms with Gasteiger partial charge in [-0.1, -0.05) is 18.2 Å². The van der Waals surface area contributed by atoms with Crippen molar-refractivity contribution in [2.45, 2.75) is 26.4 Å². The van der Waals surface area contributed by atoms with Crippen LogP contribution in [0.4, 0.5) is 0 Å². The van der Waals surface area contributed by atoms with E-state index < -0.39 is 5.97 Å². The van der Waals surface area contributed by atoms with Gasteiger partial charge in [0.25, 0.3) is 5.91 Å². The van der Waals surface area contributed by atoms with Crippen LogP contribution in [-0.4, -0.2) is 34.9 Å². The fourth-order valence-corrected chi connectivity index (χ4v) is 1.96. The molecule has 116 valence electrons.